The van der Waals surface area contributed by atoms with Crippen molar-refractivity contribution in [2.24, 2.45) is 5.14 Å². The molecule has 78 valence electrons. The lowest BCUT2D eigenvalue weighted by Crippen LogP contribution is -2.22. The maximum absolute atomic E-state index is 10.9. The zero-order chi connectivity index (χ0) is 10.6. The topological polar surface area (TPSA) is 60.2 Å². The van der Waals surface area contributed by atoms with Crippen molar-refractivity contribution in [1.82, 2.24) is 0 Å². The van der Waals surface area contributed by atoms with Gasteiger partial charge in [-0.3, -0.25) is 0 Å². The van der Waals surface area contributed by atoms with E-state index in [1.807, 2.05) is 30.3 Å². The Bertz CT molecular complexity index is 377. The number of primary sulfonamides is 1. The summed E-state index contributed by atoms with van der Waals surface area (Å²) in [6.45, 7) is 0. The highest BCUT2D eigenvalue weighted by Crippen LogP contribution is 2.18. The van der Waals surface area contributed by atoms with Crippen molar-refractivity contribution in [1.29, 1.82) is 0 Å². The number of sulfonamides is 1. The highest BCUT2D eigenvalue weighted by molar-refractivity contribution is 9.09. The second-order valence-corrected chi connectivity index (χ2v) is 5.40. The van der Waals surface area contributed by atoms with Crippen LogP contribution < -0.4 is 5.14 Å². The molecule has 3 nitrogen and oxygen atoms in total. The van der Waals surface area contributed by atoms with Crippen LogP contribution in [-0.4, -0.2) is 19.5 Å². The third-order valence-electron chi connectivity index (χ3n) is 1.89. The lowest BCUT2D eigenvalue weighted by Gasteiger charge is -2.12. The Morgan fingerprint density at radius 1 is 1.29 bits per heavy atom. The highest BCUT2D eigenvalue weighted by atomic mass is 79.9. The number of nitrogens with two attached hydrogens (primary N) is 1. The molecule has 0 aliphatic heterocycles. The van der Waals surface area contributed by atoms with Gasteiger partial charge in [-0.15, -0.1) is 0 Å². The van der Waals surface area contributed by atoms with Crippen molar-refractivity contribution < 1.29 is 8.42 Å². The fraction of sp³-hybridized carbons (Fsp3) is 0.333. The van der Waals surface area contributed by atoms with Crippen LogP contribution in [0.1, 0.15) is 11.5 Å². The van der Waals surface area contributed by atoms with E-state index in [9.17, 15) is 8.42 Å². The minimum Gasteiger partial charge on any atom is -0.229 e. The molecule has 1 atom stereocenters. The molecule has 0 amide bonds. The van der Waals surface area contributed by atoms with Gasteiger partial charge in [-0.25, -0.2) is 13.6 Å². The molecule has 0 aliphatic rings. The third-order valence-corrected chi connectivity index (χ3v) is 3.54. The normalized spacial score (nSPS) is 13.9. The van der Waals surface area contributed by atoms with Gasteiger partial charge in [-0.2, -0.15) is 0 Å². The van der Waals surface area contributed by atoms with Gasteiger partial charge in [0, 0.05) is 11.2 Å². The number of benzene rings is 1. The van der Waals surface area contributed by atoms with Crippen molar-refractivity contribution in [2.75, 3.05) is 11.1 Å². The average Bonchev–Trinajstić information content (AvgIpc) is 2.14. The Labute approximate surface area is 92.5 Å². The third kappa shape index (κ3) is 3.77. The molecule has 0 aromatic heterocycles. The smallest absolute Gasteiger partial charge is 0.209 e. The number of hydrogen-bond acceptors (Lipinski definition) is 2. The van der Waals surface area contributed by atoms with Crippen LogP contribution in [0.3, 0.4) is 0 Å². The van der Waals surface area contributed by atoms with E-state index in [2.05, 4.69) is 15.9 Å². The molecule has 1 rings (SSSR count). The molecule has 5 heteroatoms. The highest BCUT2D eigenvalue weighted by Gasteiger charge is 2.16. The first-order valence-corrected chi connectivity index (χ1v) is 6.98. The van der Waals surface area contributed by atoms with E-state index < -0.39 is 10.0 Å². The van der Waals surface area contributed by atoms with E-state index in [-0.39, 0.29) is 11.7 Å². The molecule has 1 unspecified atom stereocenters. The van der Waals surface area contributed by atoms with Gasteiger partial charge in [0.05, 0.1) is 5.75 Å². The molecular formula is C9H12BrNO2S. The fourth-order valence-corrected chi connectivity index (χ4v) is 3.01. The first-order chi connectivity index (χ1) is 6.53. The summed E-state index contributed by atoms with van der Waals surface area (Å²) in [5, 5.41) is 5.59. The van der Waals surface area contributed by atoms with Crippen molar-refractivity contribution in [2.45, 2.75) is 5.92 Å². The quantitative estimate of drug-likeness (QED) is 0.847. The van der Waals surface area contributed by atoms with E-state index in [0.29, 0.717) is 5.33 Å². The van der Waals surface area contributed by atoms with Gasteiger partial charge in [-0.1, -0.05) is 46.3 Å². The molecule has 0 fully saturated rings. The zero-order valence-electron chi connectivity index (χ0n) is 7.56. The van der Waals surface area contributed by atoms with Crippen LogP contribution in [0.5, 0.6) is 0 Å². The van der Waals surface area contributed by atoms with Crippen LogP contribution in [0.4, 0.5) is 0 Å². The molecule has 0 saturated carbocycles. The van der Waals surface area contributed by atoms with Crippen LogP contribution in [0.25, 0.3) is 0 Å². The van der Waals surface area contributed by atoms with Crippen molar-refractivity contribution in [3.05, 3.63) is 35.9 Å². The Hall–Kier alpha value is -0.390. The van der Waals surface area contributed by atoms with Gasteiger partial charge in [-0.05, 0) is 5.56 Å². The van der Waals surface area contributed by atoms with Gasteiger partial charge in [0.1, 0.15) is 0 Å². The van der Waals surface area contributed by atoms with Gasteiger partial charge >= 0.3 is 0 Å². The van der Waals surface area contributed by atoms with E-state index >= 15 is 0 Å². The fourth-order valence-electron chi connectivity index (χ4n) is 1.24. The largest absolute Gasteiger partial charge is 0.229 e. The van der Waals surface area contributed by atoms with Gasteiger partial charge in [0.25, 0.3) is 0 Å². The van der Waals surface area contributed by atoms with Crippen molar-refractivity contribution in [3.8, 4) is 0 Å². The summed E-state index contributed by atoms with van der Waals surface area (Å²) in [6.07, 6.45) is 0. The second-order valence-electron chi connectivity index (χ2n) is 3.09. The molecule has 0 bridgehead atoms. The molecule has 0 spiro atoms. The van der Waals surface area contributed by atoms with E-state index in [1.54, 1.807) is 0 Å². The van der Waals surface area contributed by atoms with E-state index in [1.165, 1.54) is 0 Å². The molecule has 0 radical (unpaired) electrons. The lowest BCUT2D eigenvalue weighted by molar-refractivity contribution is 0.593. The van der Waals surface area contributed by atoms with Crippen LogP contribution in [0, 0.1) is 0 Å². The second kappa shape index (κ2) is 4.91. The van der Waals surface area contributed by atoms with Gasteiger partial charge in [0.2, 0.25) is 10.0 Å². The van der Waals surface area contributed by atoms with Gasteiger partial charge < -0.3 is 0 Å². The summed E-state index contributed by atoms with van der Waals surface area (Å²) in [6, 6.07) is 9.46. The molecule has 2 N–H and O–H groups in total. The molecule has 14 heavy (non-hydrogen) atoms. The molecule has 1 aromatic rings. The molecular weight excluding hydrogens is 266 g/mol. The summed E-state index contributed by atoms with van der Waals surface area (Å²) < 4.78 is 21.9. The Morgan fingerprint density at radius 3 is 2.29 bits per heavy atom. The minimum atomic E-state index is -3.41. The summed E-state index contributed by atoms with van der Waals surface area (Å²) in [7, 11) is -3.41. The zero-order valence-corrected chi connectivity index (χ0v) is 9.96. The first kappa shape index (κ1) is 11.7. The number of halogens is 1. The number of alkyl halides is 1. The van der Waals surface area contributed by atoms with Gasteiger partial charge in [0.15, 0.2) is 0 Å². The maximum Gasteiger partial charge on any atom is 0.209 e. The predicted molar refractivity (Wildman–Crippen MR) is 61.0 cm³/mol. The van der Waals surface area contributed by atoms with E-state index in [4.69, 9.17) is 5.14 Å². The molecule has 0 aliphatic carbocycles. The molecule has 0 heterocycles. The monoisotopic (exact) mass is 277 g/mol. The van der Waals surface area contributed by atoms with Crippen LogP contribution in [0.15, 0.2) is 30.3 Å². The average molecular weight is 278 g/mol. The number of hydrogen-bond donors (Lipinski definition) is 1. The van der Waals surface area contributed by atoms with E-state index in [0.717, 1.165) is 5.56 Å². The first-order valence-electron chi connectivity index (χ1n) is 4.14. The predicted octanol–water partition coefficient (Wildman–Crippen LogP) is 1.45. The van der Waals surface area contributed by atoms with Crippen LogP contribution in [0.2, 0.25) is 0 Å². The molecule has 0 saturated heterocycles. The van der Waals surface area contributed by atoms with Crippen molar-refractivity contribution in [3.63, 3.8) is 0 Å². The molecule has 1 aromatic carbocycles. The number of rotatable bonds is 4. The summed E-state index contributed by atoms with van der Waals surface area (Å²) in [4.78, 5) is 0. The summed E-state index contributed by atoms with van der Waals surface area (Å²) >= 11 is 3.29. The van der Waals surface area contributed by atoms with Crippen LogP contribution >= 0.6 is 15.9 Å². The lowest BCUT2D eigenvalue weighted by atomic mass is 10.0. The van der Waals surface area contributed by atoms with Crippen LogP contribution in [-0.2, 0) is 10.0 Å². The summed E-state index contributed by atoms with van der Waals surface area (Å²) in [5.74, 6) is -0.103. The Kier molecular flexibility index (Phi) is 4.10. The maximum atomic E-state index is 10.9. The summed E-state index contributed by atoms with van der Waals surface area (Å²) in [5.41, 5.74) is 0.985. The minimum absolute atomic E-state index is 0.0255. The Morgan fingerprint density at radius 2 is 1.86 bits per heavy atom. The SMILES string of the molecule is NS(=O)(=O)CC(CBr)c1ccccc1. The Balaban J connectivity index is 2.84. The van der Waals surface area contributed by atoms with Crippen molar-refractivity contribution >= 4 is 26.0 Å². The standard InChI is InChI=1S/C9H12BrNO2S/c10-6-9(7-14(11,12)13)8-4-2-1-3-5-8/h1-5,9H,6-7H2,(H2,11,12,13).